The second-order valence-corrected chi connectivity index (χ2v) is 9.26. The molecule has 0 unspecified atom stereocenters. The average molecular weight is 482 g/mol. The van der Waals surface area contributed by atoms with Gasteiger partial charge in [-0.2, -0.15) is 0 Å². The van der Waals surface area contributed by atoms with Crippen molar-refractivity contribution in [3.8, 4) is 11.5 Å². The summed E-state index contributed by atoms with van der Waals surface area (Å²) in [6, 6.07) is 21.2. The third-order valence-corrected chi connectivity index (χ3v) is 7.55. The Kier molecular flexibility index (Phi) is 5.25. The quantitative estimate of drug-likeness (QED) is 0.368. The smallest absolute Gasteiger partial charge is 0.238 e. The number of carbonyl (C=O) groups is 2. The molecule has 3 aromatic carbocycles. The highest BCUT2D eigenvalue weighted by Gasteiger charge is 2.62. The number of ether oxygens (including phenoxy) is 2. The van der Waals surface area contributed by atoms with Crippen LogP contribution in [-0.4, -0.2) is 26.0 Å². The monoisotopic (exact) mass is 481 g/mol. The molecule has 0 N–H and O–H groups in total. The lowest BCUT2D eigenvalue weighted by Crippen LogP contribution is -2.33. The maximum atomic E-state index is 13.6. The zero-order valence-electron chi connectivity index (χ0n) is 19.9. The number of imide groups is 1. The van der Waals surface area contributed by atoms with Gasteiger partial charge in [0.25, 0.3) is 0 Å². The molecule has 180 valence electrons. The van der Waals surface area contributed by atoms with Crippen LogP contribution in [0.5, 0.6) is 11.5 Å². The molecule has 36 heavy (non-hydrogen) atoms. The number of benzene rings is 3. The summed E-state index contributed by atoms with van der Waals surface area (Å²) < 4.78 is 24.2. The molecule has 1 saturated heterocycles. The summed E-state index contributed by atoms with van der Waals surface area (Å²) in [5.74, 6) is -0.691. The molecule has 5 nitrogen and oxygen atoms in total. The third kappa shape index (κ3) is 3.28. The number of anilines is 1. The first kappa shape index (κ1) is 22.3. The van der Waals surface area contributed by atoms with Crippen LogP contribution in [0.2, 0.25) is 0 Å². The summed E-state index contributed by atoms with van der Waals surface area (Å²) >= 11 is 0. The summed E-state index contributed by atoms with van der Waals surface area (Å²) in [5, 5.41) is 0. The van der Waals surface area contributed by atoms with Crippen LogP contribution in [0.15, 0.2) is 90.5 Å². The lowest BCUT2D eigenvalue weighted by atomic mass is 9.85. The van der Waals surface area contributed by atoms with Crippen LogP contribution < -0.4 is 14.4 Å². The molecule has 0 radical (unpaired) electrons. The molecule has 2 amide bonds. The van der Waals surface area contributed by atoms with E-state index in [4.69, 9.17) is 9.47 Å². The number of rotatable bonds is 5. The largest absolute Gasteiger partial charge is 0.497 e. The van der Waals surface area contributed by atoms with E-state index in [0.717, 1.165) is 33.8 Å². The minimum absolute atomic E-state index is 0.193. The molecule has 0 spiro atoms. The van der Waals surface area contributed by atoms with E-state index < -0.39 is 17.7 Å². The molecular formula is C30H24FNO4. The fourth-order valence-corrected chi connectivity index (χ4v) is 5.96. The van der Waals surface area contributed by atoms with Crippen LogP contribution >= 0.6 is 0 Å². The summed E-state index contributed by atoms with van der Waals surface area (Å²) in [4.78, 5) is 28.4. The number of allylic oxidation sites excluding steroid dienone is 3. The van der Waals surface area contributed by atoms with Gasteiger partial charge in [0.15, 0.2) is 0 Å². The number of amides is 2. The lowest BCUT2D eigenvalue weighted by Gasteiger charge is -2.22. The first-order chi connectivity index (χ1) is 17.5. The van der Waals surface area contributed by atoms with Crippen LogP contribution in [0.25, 0.3) is 5.57 Å². The first-order valence-corrected chi connectivity index (χ1v) is 11.9. The Morgan fingerprint density at radius 2 is 1.14 bits per heavy atom. The van der Waals surface area contributed by atoms with Gasteiger partial charge in [-0.05, 0) is 70.8 Å². The maximum absolute atomic E-state index is 13.6. The summed E-state index contributed by atoms with van der Waals surface area (Å²) in [6.45, 7) is 0. The normalized spacial score (nSPS) is 23.9. The highest BCUT2D eigenvalue weighted by atomic mass is 19.1. The van der Waals surface area contributed by atoms with Gasteiger partial charge in [-0.25, -0.2) is 9.29 Å². The zero-order chi connectivity index (χ0) is 25.0. The third-order valence-electron chi connectivity index (χ3n) is 7.55. The van der Waals surface area contributed by atoms with E-state index in [1.54, 1.807) is 14.2 Å². The number of nitrogens with zero attached hydrogens (tertiary/aromatic N) is 1. The molecule has 2 fully saturated rings. The molecule has 0 aromatic heterocycles. The van der Waals surface area contributed by atoms with Crippen LogP contribution in [0.4, 0.5) is 10.1 Å². The van der Waals surface area contributed by atoms with E-state index in [1.807, 2.05) is 48.5 Å². The van der Waals surface area contributed by atoms with Crippen LogP contribution in [0.3, 0.4) is 0 Å². The SMILES string of the molecule is COc1ccc(C(=C2[C@H]3C=C[C@H]2[C@H]2C(=O)N(c4ccc(F)cc4)C(=O)[C@H]23)c2ccc(OC)cc2)cc1. The van der Waals surface area contributed by atoms with Gasteiger partial charge in [-0.15, -0.1) is 0 Å². The van der Waals surface area contributed by atoms with Crippen LogP contribution in [0, 0.1) is 29.5 Å². The molecule has 2 aliphatic carbocycles. The van der Waals surface area contributed by atoms with Gasteiger partial charge < -0.3 is 9.47 Å². The minimum Gasteiger partial charge on any atom is -0.497 e. The Bertz CT molecular complexity index is 1320. The Morgan fingerprint density at radius 1 is 0.694 bits per heavy atom. The van der Waals surface area contributed by atoms with Gasteiger partial charge in [-0.1, -0.05) is 36.4 Å². The number of carbonyl (C=O) groups excluding carboxylic acids is 2. The average Bonchev–Trinajstić information content (AvgIpc) is 3.55. The number of hydrogen-bond acceptors (Lipinski definition) is 4. The predicted molar refractivity (Wildman–Crippen MR) is 134 cm³/mol. The van der Waals surface area contributed by atoms with E-state index in [2.05, 4.69) is 12.2 Å². The molecular weight excluding hydrogens is 457 g/mol. The Labute approximate surface area is 208 Å². The van der Waals surface area contributed by atoms with Crippen molar-refractivity contribution in [1.82, 2.24) is 0 Å². The number of fused-ring (bicyclic) bond motifs is 5. The fourth-order valence-electron chi connectivity index (χ4n) is 5.96. The summed E-state index contributed by atoms with van der Waals surface area (Å²) in [6.07, 6.45) is 4.13. The minimum atomic E-state index is -0.473. The number of hydrogen-bond donors (Lipinski definition) is 0. The highest BCUT2D eigenvalue weighted by Crippen LogP contribution is 2.59. The molecule has 1 heterocycles. The first-order valence-electron chi connectivity index (χ1n) is 11.9. The van der Waals surface area contributed by atoms with Crippen molar-refractivity contribution in [3.05, 3.63) is 107 Å². The summed E-state index contributed by atoms with van der Waals surface area (Å²) in [5.41, 5.74) is 4.50. The molecule has 1 aliphatic heterocycles. The summed E-state index contributed by atoms with van der Waals surface area (Å²) in [7, 11) is 3.26. The fraction of sp³-hybridized carbons (Fsp3) is 0.200. The lowest BCUT2D eigenvalue weighted by molar-refractivity contribution is -0.122. The van der Waals surface area contributed by atoms with Crippen molar-refractivity contribution in [2.45, 2.75) is 0 Å². The number of halogens is 1. The molecule has 3 aromatic rings. The van der Waals surface area contributed by atoms with Crippen molar-refractivity contribution in [2.24, 2.45) is 23.7 Å². The zero-order valence-corrected chi connectivity index (χ0v) is 19.9. The molecule has 6 rings (SSSR count). The van der Waals surface area contributed by atoms with Gasteiger partial charge in [0.2, 0.25) is 11.8 Å². The van der Waals surface area contributed by atoms with Gasteiger partial charge >= 0.3 is 0 Å². The van der Waals surface area contributed by atoms with E-state index in [9.17, 15) is 14.0 Å². The Morgan fingerprint density at radius 3 is 1.56 bits per heavy atom. The van der Waals surface area contributed by atoms with Gasteiger partial charge in [0.1, 0.15) is 17.3 Å². The molecule has 1 saturated carbocycles. The highest BCUT2D eigenvalue weighted by molar-refractivity contribution is 6.23. The van der Waals surface area contributed by atoms with Crippen LogP contribution in [0.1, 0.15) is 11.1 Å². The molecule has 6 heteroatoms. The van der Waals surface area contributed by atoms with Crippen molar-refractivity contribution < 1.29 is 23.5 Å². The van der Waals surface area contributed by atoms with Gasteiger partial charge in [0.05, 0.1) is 31.7 Å². The maximum Gasteiger partial charge on any atom is 0.238 e. The van der Waals surface area contributed by atoms with E-state index in [-0.39, 0.29) is 23.7 Å². The van der Waals surface area contributed by atoms with Crippen molar-refractivity contribution in [1.29, 1.82) is 0 Å². The Balaban J connectivity index is 1.47. The second-order valence-electron chi connectivity index (χ2n) is 9.26. The Hall–Kier alpha value is -4.19. The van der Waals surface area contributed by atoms with Gasteiger partial charge in [0, 0.05) is 11.8 Å². The van der Waals surface area contributed by atoms with E-state index in [1.165, 1.54) is 29.2 Å². The van der Waals surface area contributed by atoms with E-state index in [0.29, 0.717) is 5.69 Å². The van der Waals surface area contributed by atoms with E-state index >= 15 is 0 Å². The topological polar surface area (TPSA) is 55.8 Å². The molecule has 3 aliphatic rings. The van der Waals surface area contributed by atoms with Crippen molar-refractivity contribution in [2.75, 3.05) is 19.1 Å². The van der Waals surface area contributed by atoms with Crippen molar-refractivity contribution in [3.63, 3.8) is 0 Å². The molecule has 4 atom stereocenters. The second kappa shape index (κ2) is 8.48. The standard InChI is InChI=1S/C30H24FNO4/c1-35-21-11-3-17(4-12-21)25(18-5-13-22(36-2)14-6-18)26-23-15-16-24(26)28-27(23)29(33)32(30(28)34)20-9-7-19(31)8-10-20/h3-16,23-24,27-28H,1-2H3/t23-,24-,27-,28+/m1/s1. The molecule has 2 bridgehead atoms. The predicted octanol–water partition coefficient (Wildman–Crippen LogP) is 5.27. The number of methoxy groups -OCH3 is 2. The van der Waals surface area contributed by atoms with Gasteiger partial charge in [-0.3, -0.25) is 9.59 Å². The van der Waals surface area contributed by atoms with Crippen molar-refractivity contribution >= 4 is 23.1 Å². The van der Waals surface area contributed by atoms with Crippen LogP contribution in [-0.2, 0) is 9.59 Å².